The van der Waals surface area contributed by atoms with Crippen molar-refractivity contribution in [1.29, 1.82) is 0 Å². The van der Waals surface area contributed by atoms with Gasteiger partial charge in [0.05, 0.1) is 11.3 Å². The topological polar surface area (TPSA) is 52.0 Å². The van der Waals surface area contributed by atoms with Crippen molar-refractivity contribution in [3.8, 4) is 11.1 Å². The van der Waals surface area contributed by atoms with Gasteiger partial charge in [-0.2, -0.15) is 0 Å². The number of nitrogens with two attached hydrogens (primary N) is 1. The van der Waals surface area contributed by atoms with Crippen LogP contribution >= 0.6 is 15.9 Å². The minimum atomic E-state index is 0.205. The lowest BCUT2D eigenvalue weighted by Gasteiger charge is -2.04. The zero-order valence-corrected chi connectivity index (χ0v) is 13.8. The van der Waals surface area contributed by atoms with Crippen molar-refractivity contribution in [3.63, 3.8) is 0 Å². The molecule has 2 aromatic rings. The molecule has 1 fully saturated rings. The molecule has 0 amide bonds. The van der Waals surface area contributed by atoms with Crippen LogP contribution in [0.2, 0.25) is 0 Å². The Hall–Kier alpha value is -1.29. The van der Waals surface area contributed by atoms with E-state index in [-0.39, 0.29) is 10.8 Å². The molecule has 3 rings (SSSR count). The van der Waals surface area contributed by atoms with E-state index in [1.54, 1.807) is 0 Å². The maximum Gasteiger partial charge on any atom is 0.230 e. The first-order valence-electron chi connectivity index (χ1n) is 6.78. The van der Waals surface area contributed by atoms with Crippen molar-refractivity contribution in [3.05, 3.63) is 34.4 Å². The second-order valence-electron chi connectivity index (χ2n) is 6.69. The summed E-state index contributed by atoms with van der Waals surface area (Å²) in [5, 5.41) is 4.26. The van der Waals surface area contributed by atoms with E-state index in [0.717, 1.165) is 21.3 Å². The monoisotopic (exact) mass is 334 g/mol. The highest BCUT2D eigenvalue weighted by Crippen LogP contribution is 2.74. The molecular weight excluding hydrogens is 316 g/mol. The molecule has 1 aliphatic rings. The number of nitrogens with zero attached hydrogens (tertiary/aromatic N) is 1. The Labute approximate surface area is 127 Å². The fourth-order valence-corrected chi connectivity index (χ4v) is 3.73. The third-order valence-corrected chi connectivity index (χ3v) is 5.65. The van der Waals surface area contributed by atoms with E-state index in [1.807, 2.05) is 18.2 Å². The maximum absolute atomic E-state index is 6.02. The number of hydrogen-bond acceptors (Lipinski definition) is 3. The quantitative estimate of drug-likeness (QED) is 0.855. The Balaban J connectivity index is 2.13. The molecule has 1 saturated carbocycles. The molecule has 0 saturated heterocycles. The maximum atomic E-state index is 6.02. The minimum Gasteiger partial charge on any atom is -0.367 e. The van der Waals surface area contributed by atoms with Gasteiger partial charge in [-0.25, -0.2) is 0 Å². The molecule has 1 aliphatic carbocycles. The number of aromatic nitrogens is 1. The second kappa shape index (κ2) is 4.10. The largest absolute Gasteiger partial charge is 0.367 e. The van der Waals surface area contributed by atoms with Crippen molar-refractivity contribution in [2.24, 2.45) is 10.8 Å². The molecule has 0 unspecified atom stereocenters. The zero-order valence-electron chi connectivity index (χ0n) is 12.2. The van der Waals surface area contributed by atoms with Crippen molar-refractivity contribution < 1.29 is 4.52 Å². The lowest BCUT2D eigenvalue weighted by Crippen LogP contribution is -1.95. The summed E-state index contributed by atoms with van der Waals surface area (Å²) in [6, 6.07) is 8.09. The van der Waals surface area contributed by atoms with Crippen LogP contribution in [-0.4, -0.2) is 5.16 Å². The molecule has 2 N–H and O–H groups in total. The first kappa shape index (κ1) is 13.7. The Morgan fingerprint density at radius 3 is 2.40 bits per heavy atom. The number of halogens is 1. The Bertz CT molecular complexity index is 659. The van der Waals surface area contributed by atoms with E-state index in [4.69, 9.17) is 10.3 Å². The van der Waals surface area contributed by atoms with Gasteiger partial charge in [0.2, 0.25) is 5.88 Å². The highest BCUT2D eigenvalue weighted by molar-refractivity contribution is 9.10. The molecule has 1 aromatic carbocycles. The van der Waals surface area contributed by atoms with Crippen molar-refractivity contribution in [1.82, 2.24) is 5.16 Å². The summed E-state index contributed by atoms with van der Waals surface area (Å²) < 4.78 is 6.31. The van der Waals surface area contributed by atoms with Crippen molar-refractivity contribution >= 4 is 21.8 Å². The van der Waals surface area contributed by atoms with Crippen LogP contribution in [0.5, 0.6) is 0 Å². The van der Waals surface area contributed by atoms with E-state index in [1.165, 1.54) is 0 Å². The molecule has 20 heavy (non-hydrogen) atoms. The molecule has 0 spiro atoms. The third kappa shape index (κ3) is 1.74. The van der Waals surface area contributed by atoms with Gasteiger partial charge in [0.15, 0.2) is 0 Å². The standard InChI is InChI=1S/C16H19BrN2O/c1-15(2)13(16(15,3)4)12-11(14(18)20-19-12)9-6-5-7-10(17)8-9/h5-8,13H,18H2,1-4H3. The highest BCUT2D eigenvalue weighted by atomic mass is 79.9. The van der Waals surface area contributed by atoms with Crippen LogP contribution in [0.15, 0.2) is 33.3 Å². The van der Waals surface area contributed by atoms with Gasteiger partial charge in [-0.15, -0.1) is 0 Å². The lowest BCUT2D eigenvalue weighted by atomic mass is 9.99. The third-order valence-electron chi connectivity index (χ3n) is 5.15. The molecule has 1 aromatic heterocycles. The summed E-state index contributed by atoms with van der Waals surface area (Å²) in [4.78, 5) is 0. The molecule has 1 heterocycles. The summed E-state index contributed by atoms with van der Waals surface area (Å²) in [7, 11) is 0. The van der Waals surface area contributed by atoms with E-state index in [2.05, 4.69) is 54.8 Å². The first-order valence-corrected chi connectivity index (χ1v) is 7.57. The minimum absolute atomic E-state index is 0.205. The van der Waals surface area contributed by atoms with Crippen LogP contribution in [0.4, 0.5) is 5.88 Å². The Kier molecular flexibility index (Phi) is 2.81. The molecular formula is C16H19BrN2O. The summed E-state index contributed by atoms with van der Waals surface area (Å²) in [5.74, 6) is 0.765. The van der Waals surface area contributed by atoms with Gasteiger partial charge in [-0.05, 0) is 28.5 Å². The molecule has 106 valence electrons. The molecule has 0 atom stereocenters. The molecule has 0 aliphatic heterocycles. The van der Waals surface area contributed by atoms with E-state index in [9.17, 15) is 0 Å². The van der Waals surface area contributed by atoms with Crippen LogP contribution < -0.4 is 5.73 Å². The number of nitrogen functional groups attached to an aromatic ring is 1. The molecule has 0 bridgehead atoms. The second-order valence-corrected chi connectivity index (χ2v) is 7.61. The van der Waals surface area contributed by atoms with Crippen LogP contribution in [-0.2, 0) is 0 Å². The van der Waals surface area contributed by atoms with Gasteiger partial charge in [-0.3, -0.25) is 0 Å². The highest BCUT2D eigenvalue weighted by Gasteiger charge is 2.67. The summed E-state index contributed by atoms with van der Waals surface area (Å²) in [5.41, 5.74) is 9.40. The summed E-state index contributed by atoms with van der Waals surface area (Å²) in [6.45, 7) is 9.08. The Morgan fingerprint density at radius 2 is 1.85 bits per heavy atom. The van der Waals surface area contributed by atoms with Gasteiger partial charge < -0.3 is 10.3 Å². The van der Waals surface area contributed by atoms with Gasteiger partial charge in [0.1, 0.15) is 0 Å². The van der Waals surface area contributed by atoms with Crippen LogP contribution in [0, 0.1) is 10.8 Å². The Morgan fingerprint density at radius 1 is 1.20 bits per heavy atom. The number of benzene rings is 1. The van der Waals surface area contributed by atoms with Gasteiger partial charge in [-0.1, -0.05) is 60.9 Å². The summed E-state index contributed by atoms with van der Waals surface area (Å²) in [6.07, 6.45) is 0. The van der Waals surface area contributed by atoms with E-state index >= 15 is 0 Å². The number of rotatable bonds is 2. The fraction of sp³-hybridized carbons (Fsp3) is 0.438. The number of hydrogen-bond donors (Lipinski definition) is 1. The predicted octanol–water partition coefficient (Wildman–Crippen LogP) is 4.84. The SMILES string of the molecule is CC1(C)C(c2noc(N)c2-c2cccc(Br)c2)C1(C)C. The van der Waals surface area contributed by atoms with Gasteiger partial charge >= 0.3 is 0 Å². The smallest absolute Gasteiger partial charge is 0.230 e. The van der Waals surface area contributed by atoms with Gasteiger partial charge in [0.25, 0.3) is 0 Å². The average molecular weight is 335 g/mol. The van der Waals surface area contributed by atoms with Crippen molar-refractivity contribution in [2.45, 2.75) is 33.6 Å². The normalized spacial score (nSPS) is 20.1. The molecule has 0 radical (unpaired) electrons. The lowest BCUT2D eigenvalue weighted by molar-refractivity contribution is 0.423. The zero-order chi connectivity index (χ0) is 14.7. The molecule has 3 nitrogen and oxygen atoms in total. The van der Waals surface area contributed by atoms with Crippen LogP contribution in [0.25, 0.3) is 11.1 Å². The average Bonchev–Trinajstić information content (AvgIpc) is 2.64. The van der Waals surface area contributed by atoms with Crippen molar-refractivity contribution in [2.75, 3.05) is 5.73 Å². The fourth-order valence-electron chi connectivity index (χ4n) is 3.33. The van der Waals surface area contributed by atoms with Gasteiger partial charge in [0, 0.05) is 10.4 Å². The van der Waals surface area contributed by atoms with E-state index < -0.39 is 0 Å². The van der Waals surface area contributed by atoms with Crippen LogP contribution in [0.1, 0.15) is 39.3 Å². The summed E-state index contributed by atoms with van der Waals surface area (Å²) >= 11 is 3.50. The van der Waals surface area contributed by atoms with E-state index in [0.29, 0.717) is 11.8 Å². The van der Waals surface area contributed by atoms with Crippen LogP contribution in [0.3, 0.4) is 0 Å². The predicted molar refractivity (Wildman–Crippen MR) is 84.4 cm³/mol. The first-order chi connectivity index (χ1) is 9.26. The molecule has 4 heteroatoms. The number of anilines is 1.